The van der Waals surface area contributed by atoms with Gasteiger partial charge in [-0.15, -0.1) is 0 Å². The van der Waals surface area contributed by atoms with E-state index >= 15 is 0 Å². The average molecular weight is 479 g/mol. The van der Waals surface area contributed by atoms with Crippen molar-refractivity contribution in [1.82, 2.24) is 5.43 Å². The molecule has 0 aliphatic heterocycles. The smallest absolute Gasteiger partial charge is 0.343 e. The van der Waals surface area contributed by atoms with Crippen LogP contribution in [0.1, 0.15) is 33.5 Å². The minimum Gasteiger partial charge on any atom is -0.423 e. The second kappa shape index (κ2) is 9.96. The SMILES string of the molecule is O=C(Oc1ccc(/C=N\NC(=O)[C@@H]2CC2(c2ccccc2)c2ccccc2)cc1)c1cccc(F)c1. The third kappa shape index (κ3) is 4.79. The minimum absolute atomic E-state index is 0.130. The second-order valence-corrected chi connectivity index (χ2v) is 8.66. The van der Waals surface area contributed by atoms with Gasteiger partial charge in [0.1, 0.15) is 11.6 Å². The van der Waals surface area contributed by atoms with E-state index in [2.05, 4.69) is 34.8 Å². The van der Waals surface area contributed by atoms with Crippen LogP contribution in [0.2, 0.25) is 0 Å². The van der Waals surface area contributed by atoms with Crippen LogP contribution < -0.4 is 10.2 Å². The van der Waals surface area contributed by atoms with Crippen LogP contribution in [0, 0.1) is 11.7 Å². The lowest BCUT2D eigenvalue weighted by atomic mass is 9.85. The molecule has 4 aromatic rings. The standard InChI is InChI=1S/C30H23FN2O3/c31-25-13-7-8-22(18-25)29(35)36-26-16-14-21(15-17-26)20-32-33-28(34)27-19-30(27,23-9-3-1-4-10-23)24-11-5-2-6-12-24/h1-18,20,27H,19H2,(H,33,34)/b32-20-/t27-/m0/s1. The third-order valence-corrected chi connectivity index (χ3v) is 6.39. The van der Waals surface area contributed by atoms with Crippen LogP contribution in [0.25, 0.3) is 0 Å². The first-order chi connectivity index (χ1) is 17.6. The van der Waals surface area contributed by atoms with E-state index in [4.69, 9.17) is 4.74 Å². The van der Waals surface area contributed by atoms with Gasteiger partial charge < -0.3 is 4.74 Å². The van der Waals surface area contributed by atoms with E-state index in [-0.39, 0.29) is 22.8 Å². The number of hydrogen-bond donors (Lipinski definition) is 1. The highest BCUT2D eigenvalue weighted by Crippen LogP contribution is 2.58. The predicted molar refractivity (Wildman–Crippen MR) is 135 cm³/mol. The zero-order valence-electron chi connectivity index (χ0n) is 19.3. The summed E-state index contributed by atoms with van der Waals surface area (Å²) in [5.74, 6) is -1.19. The van der Waals surface area contributed by atoms with Crippen molar-refractivity contribution in [2.75, 3.05) is 0 Å². The normalized spacial score (nSPS) is 15.9. The molecule has 0 aromatic heterocycles. The Kier molecular flexibility index (Phi) is 6.41. The molecule has 4 aromatic carbocycles. The van der Waals surface area contributed by atoms with Crippen molar-refractivity contribution in [3.8, 4) is 5.75 Å². The van der Waals surface area contributed by atoms with Gasteiger partial charge in [-0.1, -0.05) is 66.7 Å². The first-order valence-corrected chi connectivity index (χ1v) is 11.6. The highest BCUT2D eigenvalue weighted by molar-refractivity contribution is 5.91. The highest BCUT2D eigenvalue weighted by Gasteiger charge is 2.60. The maximum Gasteiger partial charge on any atom is 0.343 e. The van der Waals surface area contributed by atoms with E-state index in [1.54, 1.807) is 24.3 Å². The molecular weight excluding hydrogens is 455 g/mol. The molecule has 0 radical (unpaired) electrons. The Morgan fingerprint density at radius 1 is 0.861 bits per heavy atom. The van der Waals surface area contributed by atoms with Gasteiger partial charge in [0.25, 0.3) is 0 Å². The van der Waals surface area contributed by atoms with Crippen molar-refractivity contribution in [3.05, 3.63) is 137 Å². The lowest BCUT2D eigenvalue weighted by Gasteiger charge is -2.18. The van der Waals surface area contributed by atoms with Gasteiger partial charge in [-0.25, -0.2) is 14.6 Å². The Hall–Kier alpha value is -4.58. The zero-order chi connectivity index (χ0) is 25.0. The number of halogens is 1. The number of ether oxygens (including phenoxy) is 1. The summed E-state index contributed by atoms with van der Waals surface area (Å²) < 4.78 is 18.6. The summed E-state index contributed by atoms with van der Waals surface area (Å²) in [6.07, 6.45) is 2.25. The van der Waals surface area contributed by atoms with Gasteiger partial charge in [0, 0.05) is 5.41 Å². The number of benzene rings is 4. The largest absolute Gasteiger partial charge is 0.423 e. The Labute approximate surface area is 208 Å². The van der Waals surface area contributed by atoms with E-state index in [9.17, 15) is 14.0 Å². The van der Waals surface area contributed by atoms with Crippen LogP contribution in [0.4, 0.5) is 4.39 Å². The summed E-state index contributed by atoms with van der Waals surface area (Å²) in [4.78, 5) is 25.1. The molecule has 1 aliphatic rings. The molecule has 1 aliphatic carbocycles. The van der Waals surface area contributed by atoms with Gasteiger partial charge in [-0.05, 0) is 65.6 Å². The quantitative estimate of drug-likeness (QED) is 0.165. The third-order valence-electron chi connectivity index (χ3n) is 6.39. The van der Waals surface area contributed by atoms with E-state index < -0.39 is 11.8 Å². The fourth-order valence-corrected chi connectivity index (χ4v) is 4.51. The van der Waals surface area contributed by atoms with Crippen molar-refractivity contribution in [3.63, 3.8) is 0 Å². The lowest BCUT2D eigenvalue weighted by Crippen LogP contribution is -2.25. The summed E-state index contributed by atoms with van der Waals surface area (Å²) in [6, 6.07) is 32.1. The lowest BCUT2D eigenvalue weighted by molar-refractivity contribution is -0.122. The summed E-state index contributed by atoms with van der Waals surface area (Å²) in [5, 5.41) is 4.13. The van der Waals surface area contributed by atoms with Crippen LogP contribution in [0.15, 0.2) is 114 Å². The molecule has 5 nitrogen and oxygen atoms in total. The topological polar surface area (TPSA) is 67.8 Å². The van der Waals surface area contributed by atoms with E-state index in [1.807, 2.05) is 36.4 Å². The van der Waals surface area contributed by atoms with Gasteiger partial charge in [0.15, 0.2) is 0 Å². The summed E-state index contributed by atoms with van der Waals surface area (Å²) in [7, 11) is 0. The maximum absolute atomic E-state index is 13.3. The molecule has 1 amide bonds. The van der Waals surface area contributed by atoms with Crippen LogP contribution in [-0.4, -0.2) is 18.1 Å². The van der Waals surface area contributed by atoms with Crippen molar-refractivity contribution in [1.29, 1.82) is 0 Å². The number of esters is 1. The van der Waals surface area contributed by atoms with Crippen molar-refractivity contribution >= 4 is 18.1 Å². The number of carbonyl (C=O) groups is 2. The number of carbonyl (C=O) groups excluding carboxylic acids is 2. The van der Waals surface area contributed by atoms with E-state index in [0.717, 1.165) is 17.2 Å². The molecule has 1 atom stereocenters. The van der Waals surface area contributed by atoms with Crippen molar-refractivity contribution < 1.29 is 18.7 Å². The first kappa shape index (κ1) is 23.2. The molecule has 1 saturated carbocycles. The summed E-state index contributed by atoms with van der Waals surface area (Å²) in [6.45, 7) is 0. The van der Waals surface area contributed by atoms with Crippen LogP contribution in [0.5, 0.6) is 5.75 Å². The molecule has 0 heterocycles. The molecule has 0 spiro atoms. The second-order valence-electron chi connectivity index (χ2n) is 8.66. The van der Waals surface area contributed by atoms with Crippen LogP contribution in [0.3, 0.4) is 0 Å². The van der Waals surface area contributed by atoms with Crippen LogP contribution in [-0.2, 0) is 10.2 Å². The summed E-state index contributed by atoms with van der Waals surface area (Å²) in [5.41, 5.74) is 5.39. The number of nitrogens with one attached hydrogen (secondary N) is 1. The Morgan fingerprint density at radius 3 is 2.11 bits per heavy atom. The zero-order valence-corrected chi connectivity index (χ0v) is 19.3. The molecule has 5 rings (SSSR count). The number of nitrogens with zero attached hydrogens (tertiary/aromatic N) is 1. The Morgan fingerprint density at radius 2 is 1.50 bits per heavy atom. The number of rotatable bonds is 7. The molecule has 1 N–H and O–H groups in total. The van der Waals surface area contributed by atoms with Crippen LogP contribution >= 0.6 is 0 Å². The number of amides is 1. The fraction of sp³-hybridized carbons (Fsp3) is 0.100. The molecule has 0 unspecified atom stereocenters. The predicted octanol–water partition coefficient (Wildman–Crippen LogP) is 5.50. The van der Waals surface area contributed by atoms with Gasteiger partial charge in [-0.2, -0.15) is 5.10 Å². The Bertz CT molecular complexity index is 1360. The number of hydrazone groups is 1. The molecule has 178 valence electrons. The fourth-order valence-electron chi connectivity index (χ4n) is 4.51. The maximum atomic E-state index is 13.3. The number of hydrogen-bond acceptors (Lipinski definition) is 4. The molecule has 6 heteroatoms. The van der Waals surface area contributed by atoms with E-state index in [0.29, 0.717) is 17.7 Å². The monoisotopic (exact) mass is 478 g/mol. The molecule has 0 saturated heterocycles. The average Bonchev–Trinajstić information content (AvgIpc) is 3.68. The Balaban J connectivity index is 1.22. The molecule has 1 fully saturated rings. The molecule has 36 heavy (non-hydrogen) atoms. The first-order valence-electron chi connectivity index (χ1n) is 11.6. The minimum atomic E-state index is -0.645. The van der Waals surface area contributed by atoms with Gasteiger partial charge in [-0.3, -0.25) is 4.79 Å². The van der Waals surface area contributed by atoms with E-state index in [1.165, 1.54) is 24.4 Å². The van der Waals surface area contributed by atoms with Gasteiger partial charge in [0.05, 0.1) is 17.7 Å². The molecular formula is C30H23FN2O3. The summed E-state index contributed by atoms with van der Waals surface area (Å²) >= 11 is 0. The van der Waals surface area contributed by atoms with Gasteiger partial charge in [0.2, 0.25) is 5.91 Å². The van der Waals surface area contributed by atoms with Gasteiger partial charge >= 0.3 is 5.97 Å². The van der Waals surface area contributed by atoms with Crippen molar-refractivity contribution in [2.45, 2.75) is 11.8 Å². The highest BCUT2D eigenvalue weighted by atomic mass is 19.1. The molecule has 0 bridgehead atoms. The van der Waals surface area contributed by atoms with Crippen molar-refractivity contribution in [2.24, 2.45) is 11.0 Å².